The third-order valence-electron chi connectivity index (χ3n) is 12.5. The van der Waals surface area contributed by atoms with E-state index < -0.39 is 0 Å². The summed E-state index contributed by atoms with van der Waals surface area (Å²) in [5, 5.41) is 10.0. The Morgan fingerprint density at radius 3 is 1.42 bits per heavy atom. The number of benzene rings is 10. The molecule has 0 N–H and O–H groups in total. The van der Waals surface area contributed by atoms with Crippen molar-refractivity contribution in [2.75, 3.05) is 4.90 Å². The minimum atomic E-state index is 0.822. The quantitative estimate of drug-likeness (QED) is 0.157. The third-order valence-corrected chi connectivity index (χ3v) is 12.5. The molecular weight excluding hydrogens is 759 g/mol. The Bertz CT molecular complexity index is 3740. The van der Waals surface area contributed by atoms with Crippen LogP contribution in [0.4, 0.5) is 17.1 Å². The summed E-state index contributed by atoms with van der Waals surface area (Å²) in [7, 11) is 0. The Morgan fingerprint density at radius 2 is 0.790 bits per heavy atom. The molecule has 3 aromatic heterocycles. The molecule has 0 atom stereocenters. The van der Waals surface area contributed by atoms with Crippen LogP contribution in [0.5, 0.6) is 0 Å². The fraction of sp³-hybridized carbons (Fsp3) is 0. The summed E-state index contributed by atoms with van der Waals surface area (Å²) < 4.78 is 20.3. The fourth-order valence-corrected chi connectivity index (χ4v) is 9.66. The van der Waals surface area contributed by atoms with Crippen molar-refractivity contribution in [2.24, 2.45) is 0 Å². The molecule has 0 spiro atoms. The van der Waals surface area contributed by atoms with Gasteiger partial charge in [0.25, 0.3) is 0 Å². The van der Waals surface area contributed by atoms with Crippen molar-refractivity contribution >= 4 is 93.5 Å². The van der Waals surface area contributed by atoms with Crippen LogP contribution in [-0.4, -0.2) is 0 Å². The molecule has 290 valence electrons. The number of para-hydroxylation sites is 4. The van der Waals surface area contributed by atoms with Gasteiger partial charge >= 0.3 is 0 Å². The van der Waals surface area contributed by atoms with Gasteiger partial charge in [-0.2, -0.15) is 0 Å². The number of hydrogen-bond acceptors (Lipinski definition) is 4. The van der Waals surface area contributed by atoms with Gasteiger partial charge in [-0.1, -0.05) is 164 Å². The monoisotopic (exact) mass is 793 g/mol. The number of anilines is 3. The topological polar surface area (TPSA) is 42.7 Å². The van der Waals surface area contributed by atoms with E-state index in [4.69, 9.17) is 13.3 Å². The summed E-state index contributed by atoms with van der Waals surface area (Å²) in [6, 6.07) is 74.7. The number of furan rings is 3. The summed E-state index contributed by atoms with van der Waals surface area (Å²) >= 11 is 0. The lowest BCUT2D eigenvalue weighted by molar-refractivity contribution is 0.636. The Kier molecular flexibility index (Phi) is 7.57. The highest BCUT2D eigenvalue weighted by Crippen LogP contribution is 2.49. The predicted octanol–water partition coefficient (Wildman–Crippen LogP) is 17.0. The standard InChI is InChI=1S/C58H35NO3/c1-3-15-37(16-4-1)53-54-44-22-8-7-19-41(44)48-35-39(31-34-47(48)58(54)62-55(53)38-17-5-2-6-18-38)36-29-32-40(33-30-36)59(49-25-13-23-45-42-20-9-11-27-51(42)60-56(45)49)50-26-14-24-46-43-21-10-12-28-52(43)61-57(46)50/h1-35H. The van der Waals surface area contributed by atoms with Crippen LogP contribution in [0.25, 0.3) is 110 Å². The van der Waals surface area contributed by atoms with Crippen LogP contribution >= 0.6 is 0 Å². The Hall–Kier alpha value is -8.34. The first kappa shape index (κ1) is 34.5. The van der Waals surface area contributed by atoms with E-state index in [2.05, 4.69) is 187 Å². The van der Waals surface area contributed by atoms with E-state index in [0.717, 1.165) is 116 Å². The van der Waals surface area contributed by atoms with Crippen LogP contribution in [-0.2, 0) is 0 Å². The van der Waals surface area contributed by atoms with Crippen molar-refractivity contribution in [3.63, 3.8) is 0 Å². The van der Waals surface area contributed by atoms with Crippen LogP contribution in [0.2, 0.25) is 0 Å². The number of rotatable bonds is 6. The molecule has 10 aromatic carbocycles. The molecule has 0 radical (unpaired) electrons. The first-order chi connectivity index (χ1) is 30.8. The van der Waals surface area contributed by atoms with Crippen molar-refractivity contribution in [1.82, 2.24) is 0 Å². The second-order valence-corrected chi connectivity index (χ2v) is 15.9. The summed E-state index contributed by atoms with van der Waals surface area (Å²) in [5.74, 6) is 0.880. The Balaban J connectivity index is 0.993. The molecule has 3 heterocycles. The van der Waals surface area contributed by atoms with E-state index in [0.29, 0.717) is 0 Å². The van der Waals surface area contributed by atoms with E-state index in [9.17, 15) is 0 Å². The SMILES string of the molecule is c1ccc(-c2oc3c4ccc(-c5ccc(N(c6cccc7c6oc6ccccc67)c6cccc7c6oc6ccccc67)cc5)cc4c4ccccc4c3c2-c2ccccc2)cc1. The van der Waals surface area contributed by atoms with Crippen LogP contribution in [0.15, 0.2) is 226 Å². The van der Waals surface area contributed by atoms with Crippen LogP contribution < -0.4 is 4.90 Å². The van der Waals surface area contributed by atoms with Gasteiger partial charge in [-0.05, 0) is 81.4 Å². The Labute approximate surface area is 356 Å². The second-order valence-electron chi connectivity index (χ2n) is 15.9. The van der Waals surface area contributed by atoms with Gasteiger partial charge in [0.15, 0.2) is 11.2 Å². The van der Waals surface area contributed by atoms with Gasteiger partial charge < -0.3 is 18.2 Å². The van der Waals surface area contributed by atoms with Crippen molar-refractivity contribution in [1.29, 1.82) is 0 Å². The molecule has 4 heteroatoms. The van der Waals surface area contributed by atoms with E-state index in [-0.39, 0.29) is 0 Å². The summed E-state index contributed by atoms with van der Waals surface area (Å²) in [6.45, 7) is 0. The molecule has 13 rings (SSSR count). The van der Waals surface area contributed by atoms with Crippen molar-refractivity contribution < 1.29 is 13.3 Å². The Morgan fingerprint density at radius 1 is 0.290 bits per heavy atom. The lowest BCUT2D eigenvalue weighted by Crippen LogP contribution is -2.10. The summed E-state index contributed by atoms with van der Waals surface area (Å²) in [4.78, 5) is 2.27. The maximum Gasteiger partial charge on any atom is 0.159 e. The number of hydrogen-bond donors (Lipinski definition) is 0. The van der Waals surface area contributed by atoms with E-state index >= 15 is 0 Å². The minimum Gasteiger partial charge on any atom is -0.455 e. The molecular formula is C58H35NO3. The lowest BCUT2D eigenvalue weighted by atomic mass is 9.91. The molecule has 0 bridgehead atoms. The molecule has 0 aliphatic heterocycles. The number of fused-ring (bicyclic) bond motifs is 12. The predicted molar refractivity (Wildman–Crippen MR) is 257 cm³/mol. The van der Waals surface area contributed by atoms with Crippen molar-refractivity contribution in [3.8, 4) is 33.6 Å². The van der Waals surface area contributed by atoms with Gasteiger partial charge in [-0.25, -0.2) is 0 Å². The molecule has 0 aliphatic carbocycles. The average Bonchev–Trinajstić information content (AvgIpc) is 4.05. The first-order valence-electron chi connectivity index (χ1n) is 21.0. The van der Waals surface area contributed by atoms with Crippen molar-refractivity contribution in [3.05, 3.63) is 212 Å². The molecule has 62 heavy (non-hydrogen) atoms. The van der Waals surface area contributed by atoms with Gasteiger partial charge in [-0.15, -0.1) is 0 Å². The fourth-order valence-electron chi connectivity index (χ4n) is 9.66. The van der Waals surface area contributed by atoms with Gasteiger partial charge in [-0.3, -0.25) is 0 Å². The number of nitrogens with zero attached hydrogens (tertiary/aromatic N) is 1. The summed E-state index contributed by atoms with van der Waals surface area (Å²) in [5.41, 5.74) is 12.6. The molecule has 0 unspecified atom stereocenters. The minimum absolute atomic E-state index is 0.822. The average molecular weight is 794 g/mol. The molecule has 0 fully saturated rings. The van der Waals surface area contributed by atoms with Gasteiger partial charge in [0.2, 0.25) is 0 Å². The largest absolute Gasteiger partial charge is 0.455 e. The molecule has 0 saturated carbocycles. The normalized spacial score (nSPS) is 11.9. The van der Waals surface area contributed by atoms with E-state index in [1.807, 2.05) is 30.3 Å². The van der Waals surface area contributed by atoms with Crippen LogP contribution in [0, 0.1) is 0 Å². The molecule has 0 saturated heterocycles. The highest BCUT2D eigenvalue weighted by Gasteiger charge is 2.25. The molecule has 0 aliphatic rings. The highest BCUT2D eigenvalue weighted by molar-refractivity contribution is 6.29. The second kappa shape index (κ2) is 13.6. The maximum absolute atomic E-state index is 7.01. The zero-order chi connectivity index (χ0) is 40.7. The zero-order valence-corrected chi connectivity index (χ0v) is 33.4. The van der Waals surface area contributed by atoms with E-state index in [1.54, 1.807) is 0 Å². The van der Waals surface area contributed by atoms with Gasteiger partial charge in [0, 0.05) is 49.1 Å². The molecule has 4 nitrogen and oxygen atoms in total. The smallest absolute Gasteiger partial charge is 0.159 e. The van der Waals surface area contributed by atoms with Crippen LogP contribution in [0.3, 0.4) is 0 Å². The highest BCUT2D eigenvalue weighted by atomic mass is 16.3. The van der Waals surface area contributed by atoms with Gasteiger partial charge in [0.05, 0.1) is 11.4 Å². The maximum atomic E-state index is 7.01. The van der Waals surface area contributed by atoms with Gasteiger partial charge in [0.1, 0.15) is 22.5 Å². The van der Waals surface area contributed by atoms with Crippen molar-refractivity contribution in [2.45, 2.75) is 0 Å². The zero-order valence-electron chi connectivity index (χ0n) is 33.4. The first-order valence-corrected chi connectivity index (χ1v) is 21.0. The van der Waals surface area contributed by atoms with E-state index in [1.165, 1.54) is 10.8 Å². The lowest BCUT2D eigenvalue weighted by Gasteiger charge is -2.25. The van der Waals surface area contributed by atoms with Crippen LogP contribution in [0.1, 0.15) is 0 Å². The summed E-state index contributed by atoms with van der Waals surface area (Å²) in [6.07, 6.45) is 0. The molecule has 0 amide bonds. The third kappa shape index (κ3) is 5.20. The molecule has 13 aromatic rings.